The van der Waals surface area contributed by atoms with E-state index in [1.54, 1.807) is 23.9 Å². The molecule has 4 rings (SSSR count). The summed E-state index contributed by atoms with van der Waals surface area (Å²) in [7, 11) is 1.75. The Kier molecular flexibility index (Phi) is 4.49. The van der Waals surface area contributed by atoms with E-state index in [1.807, 2.05) is 12.4 Å². The van der Waals surface area contributed by atoms with Crippen molar-refractivity contribution in [2.75, 3.05) is 29.4 Å². The summed E-state index contributed by atoms with van der Waals surface area (Å²) in [6, 6.07) is 3.42. The van der Waals surface area contributed by atoms with Crippen molar-refractivity contribution < 1.29 is 0 Å². The van der Waals surface area contributed by atoms with Crippen LogP contribution in [-0.4, -0.2) is 55.2 Å². The van der Waals surface area contributed by atoms with Gasteiger partial charge in [0.15, 0.2) is 0 Å². The molecular weight excluding hydrogens is 344 g/mol. The van der Waals surface area contributed by atoms with Gasteiger partial charge in [-0.15, -0.1) is 0 Å². The van der Waals surface area contributed by atoms with E-state index in [4.69, 9.17) is 4.98 Å². The van der Waals surface area contributed by atoms with Crippen LogP contribution in [0, 0.1) is 0 Å². The fourth-order valence-corrected chi connectivity index (χ4v) is 3.30. The van der Waals surface area contributed by atoms with E-state index < -0.39 is 0 Å². The number of anilines is 2. The molecule has 3 aromatic heterocycles. The Bertz CT molecular complexity index is 976. The summed E-state index contributed by atoms with van der Waals surface area (Å²) in [6.45, 7) is 4.45. The predicted molar refractivity (Wildman–Crippen MR) is 102 cm³/mol. The normalized spacial score (nSPS) is 17.2. The van der Waals surface area contributed by atoms with Crippen LogP contribution in [0.2, 0.25) is 0 Å². The highest BCUT2D eigenvalue weighted by Gasteiger charge is 2.27. The first kappa shape index (κ1) is 17.1. The molecule has 0 aromatic carbocycles. The summed E-state index contributed by atoms with van der Waals surface area (Å²) in [6.07, 6.45) is 8.27. The molecule has 0 spiro atoms. The molecule has 0 radical (unpaired) electrons. The highest BCUT2D eigenvalue weighted by molar-refractivity contribution is 5.56. The molecule has 4 heterocycles. The van der Waals surface area contributed by atoms with E-state index in [9.17, 15) is 4.79 Å². The van der Waals surface area contributed by atoms with Crippen molar-refractivity contribution in [1.29, 1.82) is 0 Å². The molecule has 0 N–H and O–H groups in total. The SMILES string of the molecule is C[C@@H]1CN(c2cncnc2)CCN1c1nc(-c2ccncn2)cc(=O)n1C. The Balaban J connectivity index is 1.64. The first-order valence-electron chi connectivity index (χ1n) is 8.74. The molecule has 138 valence electrons. The highest BCUT2D eigenvalue weighted by atomic mass is 16.1. The van der Waals surface area contributed by atoms with Gasteiger partial charge in [-0.2, -0.15) is 0 Å². The van der Waals surface area contributed by atoms with E-state index in [0.717, 1.165) is 25.3 Å². The van der Waals surface area contributed by atoms with Gasteiger partial charge in [0.2, 0.25) is 5.95 Å². The van der Waals surface area contributed by atoms with Crippen LogP contribution in [0.25, 0.3) is 11.4 Å². The lowest BCUT2D eigenvalue weighted by Gasteiger charge is -2.41. The molecule has 1 atom stereocenters. The second-order valence-electron chi connectivity index (χ2n) is 6.52. The van der Waals surface area contributed by atoms with Gasteiger partial charge in [-0.1, -0.05) is 0 Å². The third-order valence-corrected chi connectivity index (χ3v) is 4.75. The van der Waals surface area contributed by atoms with Gasteiger partial charge in [-0.25, -0.2) is 24.9 Å². The minimum atomic E-state index is -0.111. The molecule has 1 aliphatic heterocycles. The third kappa shape index (κ3) is 3.35. The molecule has 9 heteroatoms. The van der Waals surface area contributed by atoms with Gasteiger partial charge < -0.3 is 9.80 Å². The van der Waals surface area contributed by atoms with Crippen molar-refractivity contribution in [2.45, 2.75) is 13.0 Å². The molecule has 0 amide bonds. The molecule has 3 aromatic rings. The van der Waals surface area contributed by atoms with Crippen LogP contribution >= 0.6 is 0 Å². The smallest absolute Gasteiger partial charge is 0.255 e. The van der Waals surface area contributed by atoms with Crippen molar-refractivity contribution in [3.8, 4) is 11.4 Å². The van der Waals surface area contributed by atoms with Gasteiger partial charge in [-0.05, 0) is 13.0 Å². The lowest BCUT2D eigenvalue weighted by atomic mass is 10.2. The van der Waals surface area contributed by atoms with E-state index in [2.05, 4.69) is 36.7 Å². The minimum absolute atomic E-state index is 0.111. The number of hydrogen-bond donors (Lipinski definition) is 0. The van der Waals surface area contributed by atoms with Gasteiger partial charge in [0.25, 0.3) is 5.56 Å². The summed E-state index contributed by atoms with van der Waals surface area (Å²) < 4.78 is 1.59. The summed E-state index contributed by atoms with van der Waals surface area (Å²) in [5.41, 5.74) is 2.08. The Morgan fingerprint density at radius 3 is 2.59 bits per heavy atom. The fourth-order valence-electron chi connectivity index (χ4n) is 3.30. The Hall–Kier alpha value is -3.36. The number of hydrogen-bond acceptors (Lipinski definition) is 8. The second-order valence-corrected chi connectivity index (χ2v) is 6.52. The predicted octanol–water partition coefficient (Wildman–Crippen LogP) is 0.742. The molecule has 9 nitrogen and oxygen atoms in total. The minimum Gasteiger partial charge on any atom is -0.365 e. The summed E-state index contributed by atoms with van der Waals surface area (Å²) in [5.74, 6) is 0.646. The van der Waals surface area contributed by atoms with Crippen LogP contribution < -0.4 is 15.4 Å². The summed E-state index contributed by atoms with van der Waals surface area (Å²) in [4.78, 5) is 38.0. The van der Waals surface area contributed by atoms with E-state index in [1.165, 1.54) is 18.7 Å². The van der Waals surface area contributed by atoms with Crippen LogP contribution in [0.15, 0.2) is 48.2 Å². The number of rotatable bonds is 3. The van der Waals surface area contributed by atoms with Gasteiger partial charge in [-0.3, -0.25) is 9.36 Å². The molecule has 27 heavy (non-hydrogen) atoms. The Morgan fingerprint density at radius 1 is 1.07 bits per heavy atom. The lowest BCUT2D eigenvalue weighted by Crippen LogP contribution is -2.53. The largest absolute Gasteiger partial charge is 0.365 e. The van der Waals surface area contributed by atoms with Crippen LogP contribution in [0.3, 0.4) is 0 Å². The van der Waals surface area contributed by atoms with Crippen molar-refractivity contribution in [3.05, 3.63) is 53.7 Å². The molecule has 0 aliphatic carbocycles. The molecule has 0 unspecified atom stereocenters. The number of aromatic nitrogens is 6. The van der Waals surface area contributed by atoms with Crippen LogP contribution in [0.4, 0.5) is 11.6 Å². The molecule has 1 aliphatic rings. The lowest BCUT2D eigenvalue weighted by molar-refractivity contribution is 0.529. The van der Waals surface area contributed by atoms with Crippen molar-refractivity contribution in [3.63, 3.8) is 0 Å². The van der Waals surface area contributed by atoms with Crippen LogP contribution in [0.5, 0.6) is 0 Å². The summed E-state index contributed by atoms with van der Waals surface area (Å²) in [5, 5.41) is 0. The average Bonchev–Trinajstić information content (AvgIpc) is 2.71. The van der Waals surface area contributed by atoms with Crippen molar-refractivity contribution in [2.24, 2.45) is 7.05 Å². The number of piperazine rings is 1. The molecule has 0 bridgehead atoms. The zero-order chi connectivity index (χ0) is 18.8. The van der Waals surface area contributed by atoms with Gasteiger partial charge in [0.1, 0.15) is 12.7 Å². The highest BCUT2D eigenvalue weighted by Crippen LogP contribution is 2.22. The second kappa shape index (κ2) is 7.10. The fraction of sp³-hybridized carbons (Fsp3) is 0.333. The maximum atomic E-state index is 12.5. The average molecular weight is 364 g/mol. The molecule has 1 fully saturated rings. The van der Waals surface area contributed by atoms with Gasteiger partial charge >= 0.3 is 0 Å². The van der Waals surface area contributed by atoms with Crippen molar-refractivity contribution in [1.82, 2.24) is 29.5 Å². The molecular formula is C18H20N8O. The van der Waals surface area contributed by atoms with E-state index in [0.29, 0.717) is 17.3 Å². The first-order chi connectivity index (χ1) is 13.1. The van der Waals surface area contributed by atoms with Gasteiger partial charge in [0.05, 0.1) is 29.5 Å². The zero-order valence-corrected chi connectivity index (χ0v) is 15.2. The standard InChI is InChI=1S/C18H20N8O/c1-13-10-25(14-8-20-11-21-9-14)5-6-26(13)18-23-16(7-17(27)24(18)2)15-3-4-19-12-22-15/h3-4,7-9,11-13H,5-6,10H2,1-2H3/t13-/m1/s1. The van der Waals surface area contributed by atoms with E-state index >= 15 is 0 Å². The molecule has 0 saturated carbocycles. The Morgan fingerprint density at radius 2 is 1.89 bits per heavy atom. The first-order valence-corrected chi connectivity index (χ1v) is 8.74. The maximum absolute atomic E-state index is 12.5. The third-order valence-electron chi connectivity index (χ3n) is 4.75. The quantitative estimate of drug-likeness (QED) is 0.672. The Labute approximate surface area is 156 Å². The summed E-state index contributed by atoms with van der Waals surface area (Å²) >= 11 is 0. The maximum Gasteiger partial charge on any atom is 0.255 e. The zero-order valence-electron chi connectivity index (χ0n) is 15.2. The monoisotopic (exact) mass is 364 g/mol. The number of nitrogens with zero attached hydrogens (tertiary/aromatic N) is 8. The van der Waals surface area contributed by atoms with Crippen LogP contribution in [-0.2, 0) is 7.05 Å². The van der Waals surface area contributed by atoms with Crippen molar-refractivity contribution >= 4 is 11.6 Å². The van der Waals surface area contributed by atoms with Gasteiger partial charge in [0, 0.05) is 45.0 Å². The van der Waals surface area contributed by atoms with Crippen LogP contribution in [0.1, 0.15) is 6.92 Å². The van der Waals surface area contributed by atoms with E-state index in [-0.39, 0.29) is 11.6 Å². The molecule has 1 saturated heterocycles. The topological polar surface area (TPSA) is 92.9 Å².